The van der Waals surface area contributed by atoms with Crippen LogP contribution in [0.15, 0.2) is 42.7 Å². The van der Waals surface area contributed by atoms with E-state index >= 15 is 0 Å². The first-order valence-corrected chi connectivity index (χ1v) is 9.86. The van der Waals surface area contributed by atoms with E-state index in [1.807, 2.05) is 42.7 Å². The highest BCUT2D eigenvalue weighted by Crippen LogP contribution is 2.24. The normalized spacial score (nSPS) is 14.7. The van der Waals surface area contributed by atoms with Crippen molar-refractivity contribution in [2.24, 2.45) is 0 Å². The summed E-state index contributed by atoms with van der Waals surface area (Å²) in [6, 6.07) is 10.1. The summed E-state index contributed by atoms with van der Waals surface area (Å²) >= 11 is 0. The Morgan fingerprint density at radius 1 is 1.00 bits per heavy atom. The molecule has 28 heavy (non-hydrogen) atoms. The van der Waals surface area contributed by atoms with Crippen LogP contribution in [0.3, 0.4) is 0 Å². The zero-order valence-electron chi connectivity index (χ0n) is 17.1. The maximum Gasteiger partial charge on any atom is 0.159 e. The van der Waals surface area contributed by atoms with E-state index in [0.29, 0.717) is 0 Å². The van der Waals surface area contributed by atoms with E-state index < -0.39 is 0 Å². The van der Waals surface area contributed by atoms with Gasteiger partial charge in [0.2, 0.25) is 0 Å². The van der Waals surface area contributed by atoms with Crippen LogP contribution in [0, 0.1) is 6.92 Å². The van der Waals surface area contributed by atoms with Crippen molar-refractivity contribution in [1.29, 1.82) is 0 Å². The molecule has 1 aliphatic heterocycles. The van der Waals surface area contributed by atoms with Crippen molar-refractivity contribution in [3.05, 3.63) is 71.1 Å². The van der Waals surface area contributed by atoms with Gasteiger partial charge >= 0.3 is 0 Å². The number of fused-ring (bicyclic) bond motifs is 1. The van der Waals surface area contributed by atoms with E-state index in [4.69, 9.17) is 9.97 Å². The fourth-order valence-corrected chi connectivity index (χ4v) is 3.49. The molecule has 2 aromatic heterocycles. The SMILES string of the molecule is Cc1nc(-c2ccccc2)ncc1CN1CCc2nc(C(C)(C)C)ncc2C1. The number of benzene rings is 1. The van der Waals surface area contributed by atoms with Gasteiger partial charge in [-0.25, -0.2) is 19.9 Å². The first-order valence-electron chi connectivity index (χ1n) is 9.86. The van der Waals surface area contributed by atoms with Crippen LogP contribution in [0.2, 0.25) is 0 Å². The molecule has 0 saturated carbocycles. The molecule has 0 N–H and O–H groups in total. The van der Waals surface area contributed by atoms with E-state index in [-0.39, 0.29) is 5.41 Å². The number of rotatable bonds is 3. The van der Waals surface area contributed by atoms with Gasteiger partial charge < -0.3 is 0 Å². The van der Waals surface area contributed by atoms with Gasteiger partial charge in [0, 0.05) is 71.9 Å². The van der Waals surface area contributed by atoms with Crippen LogP contribution in [0.1, 0.15) is 49.1 Å². The third-order valence-electron chi connectivity index (χ3n) is 5.19. The third-order valence-corrected chi connectivity index (χ3v) is 5.19. The Kier molecular flexibility index (Phi) is 4.94. The lowest BCUT2D eigenvalue weighted by Gasteiger charge is -2.29. The highest BCUT2D eigenvalue weighted by atomic mass is 15.1. The number of hydrogen-bond donors (Lipinski definition) is 0. The molecule has 1 aromatic carbocycles. The lowest BCUT2D eigenvalue weighted by atomic mass is 9.95. The Labute approximate surface area is 166 Å². The lowest BCUT2D eigenvalue weighted by molar-refractivity contribution is 0.241. The van der Waals surface area contributed by atoms with E-state index in [2.05, 4.69) is 42.6 Å². The molecule has 3 heterocycles. The fourth-order valence-electron chi connectivity index (χ4n) is 3.49. The Morgan fingerprint density at radius 3 is 2.50 bits per heavy atom. The molecule has 0 amide bonds. The molecule has 0 bridgehead atoms. The summed E-state index contributed by atoms with van der Waals surface area (Å²) in [7, 11) is 0. The largest absolute Gasteiger partial charge is 0.294 e. The molecule has 1 aliphatic rings. The lowest BCUT2D eigenvalue weighted by Crippen LogP contribution is -2.32. The summed E-state index contributed by atoms with van der Waals surface area (Å²) in [5, 5.41) is 0. The average Bonchev–Trinajstić information content (AvgIpc) is 2.69. The van der Waals surface area contributed by atoms with Crippen molar-refractivity contribution >= 4 is 0 Å². The molecule has 144 valence electrons. The van der Waals surface area contributed by atoms with E-state index in [1.165, 1.54) is 16.8 Å². The molecule has 5 heteroatoms. The second-order valence-electron chi connectivity index (χ2n) is 8.55. The van der Waals surface area contributed by atoms with E-state index in [1.54, 1.807) is 0 Å². The summed E-state index contributed by atoms with van der Waals surface area (Å²) in [5.74, 6) is 1.72. The third kappa shape index (κ3) is 3.94. The minimum Gasteiger partial charge on any atom is -0.294 e. The Morgan fingerprint density at radius 2 is 1.79 bits per heavy atom. The number of hydrogen-bond acceptors (Lipinski definition) is 5. The first-order chi connectivity index (χ1) is 13.4. The standard InChI is InChI=1S/C23H27N5/c1-16-18(12-24-21(26-16)17-8-6-5-7-9-17)14-28-11-10-20-19(15-28)13-25-22(27-20)23(2,3)4/h5-9,12-13H,10-11,14-15H2,1-4H3. The smallest absolute Gasteiger partial charge is 0.159 e. The predicted molar refractivity (Wildman–Crippen MR) is 111 cm³/mol. The minimum atomic E-state index is -0.0128. The Bertz CT molecular complexity index is 976. The van der Waals surface area contributed by atoms with Crippen LogP contribution in [0.5, 0.6) is 0 Å². The highest BCUT2D eigenvalue weighted by molar-refractivity contribution is 5.54. The zero-order valence-corrected chi connectivity index (χ0v) is 17.1. The maximum atomic E-state index is 4.83. The first kappa shape index (κ1) is 18.7. The molecule has 0 atom stereocenters. The quantitative estimate of drug-likeness (QED) is 0.692. The van der Waals surface area contributed by atoms with E-state index in [0.717, 1.165) is 49.0 Å². The molecule has 0 unspecified atom stereocenters. The molecule has 4 rings (SSSR count). The fraction of sp³-hybridized carbons (Fsp3) is 0.391. The average molecular weight is 374 g/mol. The monoisotopic (exact) mass is 373 g/mol. The van der Waals surface area contributed by atoms with Crippen LogP contribution in [-0.4, -0.2) is 31.4 Å². The molecule has 0 radical (unpaired) electrons. The van der Waals surface area contributed by atoms with E-state index in [9.17, 15) is 0 Å². The van der Waals surface area contributed by atoms with Crippen molar-refractivity contribution in [3.63, 3.8) is 0 Å². The van der Waals surface area contributed by atoms with Crippen molar-refractivity contribution < 1.29 is 0 Å². The summed E-state index contributed by atoms with van der Waals surface area (Å²) in [5.41, 5.74) is 5.69. The van der Waals surface area contributed by atoms with Gasteiger partial charge in [-0.1, -0.05) is 51.1 Å². The van der Waals surface area contributed by atoms with Gasteiger partial charge in [0.1, 0.15) is 5.82 Å². The zero-order chi connectivity index (χ0) is 19.7. The van der Waals surface area contributed by atoms with Gasteiger partial charge in [0.15, 0.2) is 5.82 Å². The van der Waals surface area contributed by atoms with Crippen molar-refractivity contribution in [2.45, 2.75) is 52.6 Å². The second-order valence-corrected chi connectivity index (χ2v) is 8.55. The Hall–Kier alpha value is -2.66. The summed E-state index contributed by atoms with van der Waals surface area (Å²) in [6.07, 6.45) is 4.94. The molecule has 0 spiro atoms. The van der Waals surface area contributed by atoms with Crippen molar-refractivity contribution in [2.75, 3.05) is 6.54 Å². The van der Waals surface area contributed by atoms with Gasteiger partial charge in [-0.15, -0.1) is 0 Å². The summed E-state index contributed by atoms with van der Waals surface area (Å²) in [6.45, 7) is 11.3. The minimum absolute atomic E-state index is 0.0128. The summed E-state index contributed by atoms with van der Waals surface area (Å²) < 4.78 is 0. The number of aryl methyl sites for hydroxylation is 1. The predicted octanol–water partition coefficient (Wildman–Crippen LogP) is 4.10. The summed E-state index contributed by atoms with van der Waals surface area (Å²) in [4.78, 5) is 21.2. The van der Waals surface area contributed by atoms with Gasteiger partial charge in [0.05, 0.1) is 0 Å². The topological polar surface area (TPSA) is 54.8 Å². The second kappa shape index (κ2) is 7.40. The molecule has 3 aromatic rings. The number of aromatic nitrogens is 4. The van der Waals surface area contributed by atoms with Gasteiger partial charge in [-0.05, 0) is 6.92 Å². The van der Waals surface area contributed by atoms with Crippen LogP contribution in [-0.2, 0) is 24.9 Å². The highest BCUT2D eigenvalue weighted by Gasteiger charge is 2.23. The van der Waals surface area contributed by atoms with Crippen molar-refractivity contribution in [3.8, 4) is 11.4 Å². The molecule has 0 fully saturated rings. The molecule has 0 saturated heterocycles. The van der Waals surface area contributed by atoms with Crippen molar-refractivity contribution in [1.82, 2.24) is 24.8 Å². The molecular weight excluding hydrogens is 346 g/mol. The van der Waals surface area contributed by atoms with Crippen LogP contribution in [0.25, 0.3) is 11.4 Å². The number of nitrogens with zero attached hydrogens (tertiary/aromatic N) is 5. The van der Waals surface area contributed by atoms with Crippen LogP contribution < -0.4 is 0 Å². The Balaban J connectivity index is 1.49. The molecule has 5 nitrogen and oxygen atoms in total. The van der Waals surface area contributed by atoms with Crippen LogP contribution in [0.4, 0.5) is 0 Å². The molecular formula is C23H27N5. The maximum absolute atomic E-state index is 4.83. The van der Waals surface area contributed by atoms with Gasteiger partial charge in [0.25, 0.3) is 0 Å². The van der Waals surface area contributed by atoms with Gasteiger partial charge in [-0.3, -0.25) is 4.90 Å². The molecule has 0 aliphatic carbocycles. The van der Waals surface area contributed by atoms with Gasteiger partial charge in [-0.2, -0.15) is 0 Å². The van der Waals surface area contributed by atoms with Crippen LogP contribution >= 0.6 is 0 Å².